The molecule has 0 saturated heterocycles. The topological polar surface area (TPSA) is 99.0 Å². The van der Waals surface area contributed by atoms with Gasteiger partial charge in [0.2, 0.25) is 5.91 Å². The molecule has 21 heavy (non-hydrogen) atoms. The first kappa shape index (κ1) is 17.4. The first-order valence-electron chi connectivity index (χ1n) is 6.80. The normalized spacial score (nSPS) is 11.3. The number of aliphatic hydroxyl groups excluding tert-OH is 3. The minimum absolute atomic E-state index is 0.0646. The van der Waals surface area contributed by atoms with Crippen LogP contribution in [0.5, 0.6) is 5.75 Å². The van der Waals surface area contributed by atoms with E-state index in [1.807, 2.05) is 32.0 Å². The molecule has 1 amide bonds. The lowest BCUT2D eigenvalue weighted by atomic mass is 10.0. The Hall–Kier alpha value is -1.63. The van der Waals surface area contributed by atoms with E-state index >= 15 is 0 Å². The van der Waals surface area contributed by atoms with E-state index in [-0.39, 0.29) is 13.0 Å². The second kappa shape index (κ2) is 7.97. The standard InChI is InChI=1S/C15H23NO5/c1-11-3-4-13(12(2)7-11)21-6-5-14(20)16-15(8-17,9-18)10-19/h3-4,7,17-19H,5-6,8-10H2,1-2H3,(H,16,20). The third-order valence-electron chi connectivity index (χ3n) is 3.23. The summed E-state index contributed by atoms with van der Waals surface area (Å²) >= 11 is 0. The summed E-state index contributed by atoms with van der Waals surface area (Å²) in [7, 11) is 0. The molecule has 6 nitrogen and oxygen atoms in total. The predicted octanol–water partition coefficient (Wildman–Crippen LogP) is -0.0958. The summed E-state index contributed by atoms with van der Waals surface area (Å²) in [6, 6.07) is 5.77. The van der Waals surface area contributed by atoms with Crippen LogP contribution in [0.3, 0.4) is 0 Å². The van der Waals surface area contributed by atoms with Crippen molar-refractivity contribution in [2.45, 2.75) is 25.8 Å². The molecule has 0 aliphatic heterocycles. The van der Waals surface area contributed by atoms with Crippen LogP contribution in [0.15, 0.2) is 18.2 Å². The molecule has 0 aliphatic rings. The summed E-state index contributed by atoms with van der Waals surface area (Å²) in [5.41, 5.74) is 0.735. The van der Waals surface area contributed by atoms with Crippen LogP contribution in [-0.2, 0) is 4.79 Å². The number of nitrogens with one attached hydrogen (secondary N) is 1. The van der Waals surface area contributed by atoms with Crippen LogP contribution < -0.4 is 10.1 Å². The van der Waals surface area contributed by atoms with E-state index in [0.29, 0.717) is 5.75 Å². The van der Waals surface area contributed by atoms with E-state index in [9.17, 15) is 4.79 Å². The van der Waals surface area contributed by atoms with Gasteiger partial charge in [0.25, 0.3) is 0 Å². The molecule has 1 rings (SSSR count). The molecule has 0 unspecified atom stereocenters. The van der Waals surface area contributed by atoms with Gasteiger partial charge >= 0.3 is 0 Å². The second-order valence-corrected chi connectivity index (χ2v) is 5.17. The third kappa shape index (κ3) is 5.00. The Morgan fingerprint density at radius 1 is 1.19 bits per heavy atom. The molecular weight excluding hydrogens is 274 g/mol. The second-order valence-electron chi connectivity index (χ2n) is 5.17. The number of hydrogen-bond acceptors (Lipinski definition) is 5. The van der Waals surface area contributed by atoms with E-state index in [4.69, 9.17) is 20.1 Å². The van der Waals surface area contributed by atoms with Gasteiger partial charge in [-0.05, 0) is 25.5 Å². The summed E-state index contributed by atoms with van der Waals surface area (Å²) in [6.45, 7) is 2.48. The van der Waals surface area contributed by atoms with Crippen LogP contribution in [0.1, 0.15) is 17.5 Å². The largest absolute Gasteiger partial charge is 0.493 e. The van der Waals surface area contributed by atoms with Gasteiger partial charge in [-0.1, -0.05) is 17.7 Å². The molecule has 1 aromatic rings. The Bertz CT molecular complexity index is 463. The number of ether oxygens (including phenoxy) is 1. The van der Waals surface area contributed by atoms with Crippen molar-refractivity contribution in [1.82, 2.24) is 5.32 Å². The predicted molar refractivity (Wildman–Crippen MR) is 78.2 cm³/mol. The van der Waals surface area contributed by atoms with E-state index in [1.54, 1.807) is 0 Å². The molecule has 4 N–H and O–H groups in total. The fourth-order valence-corrected chi connectivity index (χ4v) is 1.84. The number of carbonyl (C=O) groups excluding carboxylic acids is 1. The minimum Gasteiger partial charge on any atom is -0.493 e. The van der Waals surface area contributed by atoms with Crippen molar-refractivity contribution in [1.29, 1.82) is 0 Å². The zero-order chi connectivity index (χ0) is 15.9. The maximum absolute atomic E-state index is 11.7. The first-order chi connectivity index (χ1) is 9.96. The lowest BCUT2D eigenvalue weighted by molar-refractivity contribution is -0.125. The molecule has 0 bridgehead atoms. The quantitative estimate of drug-likeness (QED) is 0.537. The van der Waals surface area contributed by atoms with Gasteiger partial charge in [-0.15, -0.1) is 0 Å². The van der Waals surface area contributed by atoms with Crippen molar-refractivity contribution < 1.29 is 24.9 Å². The molecule has 1 aromatic carbocycles. The molecule has 0 aromatic heterocycles. The van der Waals surface area contributed by atoms with Crippen molar-refractivity contribution >= 4 is 5.91 Å². The first-order valence-corrected chi connectivity index (χ1v) is 6.80. The van der Waals surface area contributed by atoms with Gasteiger partial charge in [0, 0.05) is 0 Å². The van der Waals surface area contributed by atoms with Crippen LogP contribution >= 0.6 is 0 Å². The van der Waals surface area contributed by atoms with Crippen LogP contribution in [0, 0.1) is 13.8 Å². The van der Waals surface area contributed by atoms with Gasteiger partial charge in [0.1, 0.15) is 11.3 Å². The fourth-order valence-electron chi connectivity index (χ4n) is 1.84. The molecule has 0 aliphatic carbocycles. The highest BCUT2D eigenvalue weighted by Crippen LogP contribution is 2.18. The van der Waals surface area contributed by atoms with Gasteiger partial charge in [-0.2, -0.15) is 0 Å². The van der Waals surface area contributed by atoms with Gasteiger partial charge in [0.15, 0.2) is 0 Å². The van der Waals surface area contributed by atoms with Crippen LogP contribution in [0.4, 0.5) is 0 Å². The Morgan fingerprint density at radius 3 is 2.33 bits per heavy atom. The smallest absolute Gasteiger partial charge is 0.224 e. The third-order valence-corrected chi connectivity index (χ3v) is 3.23. The lowest BCUT2D eigenvalue weighted by Gasteiger charge is -2.28. The van der Waals surface area contributed by atoms with Gasteiger partial charge in [-0.3, -0.25) is 4.79 Å². The fraction of sp³-hybridized carbons (Fsp3) is 0.533. The Balaban J connectivity index is 2.46. The van der Waals surface area contributed by atoms with E-state index in [1.165, 1.54) is 0 Å². The molecule has 0 saturated carbocycles. The number of rotatable bonds is 8. The number of aryl methyl sites for hydroxylation is 2. The van der Waals surface area contributed by atoms with Crippen molar-refractivity contribution in [3.05, 3.63) is 29.3 Å². The van der Waals surface area contributed by atoms with Crippen molar-refractivity contribution in [2.24, 2.45) is 0 Å². The summed E-state index contributed by atoms with van der Waals surface area (Å²) in [6.07, 6.45) is 0.0646. The Kier molecular flexibility index (Phi) is 6.61. The van der Waals surface area contributed by atoms with Crippen molar-refractivity contribution in [3.63, 3.8) is 0 Å². The number of hydrogen-bond donors (Lipinski definition) is 4. The van der Waals surface area contributed by atoms with Crippen molar-refractivity contribution in [3.8, 4) is 5.75 Å². The SMILES string of the molecule is Cc1ccc(OCCC(=O)NC(CO)(CO)CO)c(C)c1. The lowest BCUT2D eigenvalue weighted by Crippen LogP contribution is -2.57. The zero-order valence-electron chi connectivity index (χ0n) is 12.4. The van der Waals surface area contributed by atoms with E-state index in [0.717, 1.165) is 11.1 Å². The summed E-state index contributed by atoms with van der Waals surface area (Å²) in [4.78, 5) is 11.7. The molecule has 118 valence electrons. The maximum atomic E-state index is 11.7. The van der Waals surface area contributed by atoms with Gasteiger partial charge in [0.05, 0.1) is 32.8 Å². The summed E-state index contributed by atoms with van der Waals surface area (Å²) in [5.74, 6) is 0.308. The monoisotopic (exact) mass is 297 g/mol. The molecule has 0 heterocycles. The van der Waals surface area contributed by atoms with Gasteiger partial charge < -0.3 is 25.4 Å². The maximum Gasteiger partial charge on any atom is 0.224 e. The average Bonchev–Trinajstić information content (AvgIpc) is 2.47. The Labute approximate surface area is 124 Å². The number of carbonyl (C=O) groups is 1. The molecular formula is C15H23NO5. The number of amides is 1. The molecule has 0 radical (unpaired) electrons. The van der Waals surface area contributed by atoms with E-state index < -0.39 is 31.3 Å². The highest BCUT2D eigenvalue weighted by atomic mass is 16.5. The van der Waals surface area contributed by atoms with Crippen molar-refractivity contribution in [2.75, 3.05) is 26.4 Å². The number of benzene rings is 1. The Morgan fingerprint density at radius 2 is 1.81 bits per heavy atom. The van der Waals surface area contributed by atoms with Crippen LogP contribution in [0.2, 0.25) is 0 Å². The molecule has 0 spiro atoms. The average molecular weight is 297 g/mol. The van der Waals surface area contributed by atoms with Crippen LogP contribution in [0.25, 0.3) is 0 Å². The highest BCUT2D eigenvalue weighted by Gasteiger charge is 2.29. The summed E-state index contributed by atoms with van der Waals surface area (Å²) in [5, 5.41) is 29.8. The molecule has 6 heteroatoms. The number of aliphatic hydroxyl groups is 3. The summed E-state index contributed by atoms with van der Waals surface area (Å²) < 4.78 is 5.53. The minimum atomic E-state index is -1.39. The molecule has 0 atom stereocenters. The molecule has 0 fully saturated rings. The van der Waals surface area contributed by atoms with Gasteiger partial charge in [-0.25, -0.2) is 0 Å². The zero-order valence-corrected chi connectivity index (χ0v) is 12.4. The van der Waals surface area contributed by atoms with E-state index in [2.05, 4.69) is 5.32 Å². The van der Waals surface area contributed by atoms with Crippen LogP contribution in [-0.4, -0.2) is 53.2 Å². The highest BCUT2D eigenvalue weighted by molar-refractivity contribution is 5.77.